The van der Waals surface area contributed by atoms with E-state index in [1.165, 1.54) is 0 Å². The van der Waals surface area contributed by atoms with E-state index in [2.05, 4.69) is 10.3 Å². The first-order valence-electron chi connectivity index (χ1n) is 10.0. The number of hydrogen-bond donors (Lipinski definition) is 1. The fourth-order valence-electron chi connectivity index (χ4n) is 3.46. The predicted octanol–water partition coefficient (Wildman–Crippen LogP) is 5.69. The van der Waals surface area contributed by atoms with Crippen LogP contribution in [0.4, 0.5) is 5.69 Å². The zero-order chi connectivity index (χ0) is 21.2. The minimum absolute atomic E-state index is 0.147. The van der Waals surface area contributed by atoms with Gasteiger partial charge in [0.05, 0.1) is 5.52 Å². The lowest BCUT2D eigenvalue weighted by Crippen LogP contribution is -2.11. The number of fused-ring (bicyclic) bond motifs is 2. The lowest BCUT2D eigenvalue weighted by molar-refractivity contribution is 0.102. The molecule has 3 aromatic carbocycles. The van der Waals surface area contributed by atoms with Crippen LogP contribution in [0.1, 0.15) is 27.2 Å². The van der Waals surface area contributed by atoms with Crippen molar-refractivity contribution < 1.29 is 14.3 Å². The molecule has 2 heterocycles. The van der Waals surface area contributed by atoms with Gasteiger partial charge in [-0.15, -0.1) is 0 Å². The summed E-state index contributed by atoms with van der Waals surface area (Å²) in [6, 6.07) is 23.0. The molecule has 0 atom stereocenters. The number of ether oxygens (including phenoxy) is 2. The van der Waals surface area contributed by atoms with Crippen LogP contribution in [0.5, 0.6) is 11.5 Å². The summed E-state index contributed by atoms with van der Waals surface area (Å²) in [6.07, 6.45) is 4.03. The van der Waals surface area contributed by atoms with E-state index in [1.807, 2.05) is 85.8 Å². The summed E-state index contributed by atoms with van der Waals surface area (Å²) in [6.45, 7) is 2.22. The summed E-state index contributed by atoms with van der Waals surface area (Å²) in [5.41, 5.74) is 5.25. The van der Waals surface area contributed by atoms with Crippen molar-refractivity contribution in [3.63, 3.8) is 0 Å². The van der Waals surface area contributed by atoms with Gasteiger partial charge >= 0.3 is 0 Å². The Hall–Kier alpha value is -4.12. The van der Waals surface area contributed by atoms with Crippen molar-refractivity contribution in [3.05, 3.63) is 95.2 Å². The average Bonchev–Trinajstić information content (AvgIpc) is 3.26. The van der Waals surface area contributed by atoms with Crippen LogP contribution in [0.25, 0.3) is 23.1 Å². The predicted molar refractivity (Wildman–Crippen MR) is 122 cm³/mol. The first-order valence-corrected chi connectivity index (χ1v) is 10.0. The summed E-state index contributed by atoms with van der Waals surface area (Å²) < 4.78 is 10.7. The van der Waals surface area contributed by atoms with Crippen LogP contribution in [0.3, 0.4) is 0 Å². The molecule has 1 amide bonds. The Morgan fingerprint density at radius 2 is 1.65 bits per heavy atom. The van der Waals surface area contributed by atoms with Crippen LogP contribution in [0.2, 0.25) is 0 Å². The van der Waals surface area contributed by atoms with Crippen molar-refractivity contribution in [2.24, 2.45) is 0 Å². The van der Waals surface area contributed by atoms with E-state index in [-0.39, 0.29) is 12.7 Å². The van der Waals surface area contributed by atoms with Crippen molar-refractivity contribution in [2.45, 2.75) is 6.92 Å². The Morgan fingerprint density at radius 3 is 2.52 bits per heavy atom. The number of anilines is 1. The van der Waals surface area contributed by atoms with Gasteiger partial charge in [0.15, 0.2) is 11.5 Å². The van der Waals surface area contributed by atoms with Crippen LogP contribution < -0.4 is 14.8 Å². The van der Waals surface area contributed by atoms with E-state index < -0.39 is 0 Å². The second-order valence-corrected chi connectivity index (χ2v) is 7.38. The van der Waals surface area contributed by atoms with E-state index in [4.69, 9.17) is 9.47 Å². The van der Waals surface area contributed by atoms with Crippen molar-refractivity contribution in [3.8, 4) is 11.5 Å². The minimum Gasteiger partial charge on any atom is -0.454 e. The molecule has 0 radical (unpaired) electrons. The van der Waals surface area contributed by atoms with Gasteiger partial charge in [-0.25, -0.2) is 0 Å². The summed E-state index contributed by atoms with van der Waals surface area (Å²) in [7, 11) is 0. The molecule has 4 aromatic rings. The molecule has 31 heavy (non-hydrogen) atoms. The maximum Gasteiger partial charge on any atom is 0.255 e. The van der Waals surface area contributed by atoms with Gasteiger partial charge < -0.3 is 14.8 Å². The molecular formula is C26H20N2O3. The van der Waals surface area contributed by atoms with Gasteiger partial charge in [-0.2, -0.15) is 0 Å². The van der Waals surface area contributed by atoms with E-state index in [0.29, 0.717) is 5.56 Å². The Balaban J connectivity index is 1.26. The number of nitrogens with zero attached hydrogens (tertiary/aromatic N) is 1. The highest BCUT2D eigenvalue weighted by Crippen LogP contribution is 2.33. The molecule has 0 aliphatic carbocycles. The van der Waals surface area contributed by atoms with Gasteiger partial charge in [-0.05, 0) is 66.6 Å². The van der Waals surface area contributed by atoms with Gasteiger partial charge in [0.1, 0.15) is 0 Å². The smallest absolute Gasteiger partial charge is 0.255 e. The highest BCUT2D eigenvalue weighted by atomic mass is 16.7. The lowest BCUT2D eigenvalue weighted by Gasteiger charge is -2.07. The maximum atomic E-state index is 12.6. The Labute approximate surface area is 180 Å². The first-order chi connectivity index (χ1) is 15.1. The molecule has 5 nitrogen and oxygen atoms in total. The summed E-state index contributed by atoms with van der Waals surface area (Å²) in [4.78, 5) is 17.1. The van der Waals surface area contributed by atoms with Gasteiger partial charge in [0, 0.05) is 22.3 Å². The number of carbonyl (C=O) groups excluding carboxylic acids is 1. The Morgan fingerprint density at radius 1 is 0.871 bits per heavy atom. The molecule has 0 saturated carbocycles. The Kier molecular flexibility index (Phi) is 4.84. The fourth-order valence-corrected chi connectivity index (χ4v) is 3.46. The second-order valence-electron chi connectivity index (χ2n) is 7.38. The molecule has 0 bridgehead atoms. The van der Waals surface area contributed by atoms with Crippen LogP contribution in [0.15, 0.2) is 72.8 Å². The highest BCUT2D eigenvalue weighted by Gasteiger charge is 2.12. The Bertz CT molecular complexity index is 1310. The second kappa shape index (κ2) is 7.95. The normalized spacial score (nSPS) is 12.4. The van der Waals surface area contributed by atoms with Crippen molar-refractivity contribution in [1.29, 1.82) is 0 Å². The molecule has 0 spiro atoms. The summed E-state index contributed by atoms with van der Waals surface area (Å²) in [5, 5.41) is 3.90. The van der Waals surface area contributed by atoms with Gasteiger partial charge in [-0.1, -0.05) is 36.4 Å². The number of benzene rings is 3. The van der Waals surface area contributed by atoms with Crippen LogP contribution in [-0.4, -0.2) is 17.7 Å². The summed E-state index contributed by atoms with van der Waals surface area (Å²) in [5.74, 6) is 1.39. The van der Waals surface area contributed by atoms with Crippen LogP contribution in [-0.2, 0) is 0 Å². The van der Waals surface area contributed by atoms with E-state index >= 15 is 0 Å². The number of pyridine rings is 1. The minimum atomic E-state index is -0.147. The molecule has 0 saturated heterocycles. The van der Waals surface area contributed by atoms with Gasteiger partial charge in [0.2, 0.25) is 6.79 Å². The molecule has 1 aromatic heterocycles. The van der Waals surface area contributed by atoms with Crippen molar-refractivity contribution in [1.82, 2.24) is 4.98 Å². The van der Waals surface area contributed by atoms with Crippen molar-refractivity contribution in [2.75, 3.05) is 12.1 Å². The molecule has 152 valence electrons. The zero-order valence-corrected chi connectivity index (χ0v) is 17.0. The lowest BCUT2D eigenvalue weighted by atomic mass is 10.1. The molecule has 0 fully saturated rings. The highest BCUT2D eigenvalue weighted by molar-refractivity contribution is 6.06. The number of aromatic nitrogens is 1. The number of amides is 1. The number of carbonyl (C=O) groups is 1. The van der Waals surface area contributed by atoms with Crippen molar-refractivity contribution >= 4 is 34.6 Å². The van der Waals surface area contributed by atoms with E-state index in [0.717, 1.165) is 44.9 Å². The number of aryl methyl sites for hydroxylation is 1. The molecule has 5 heteroatoms. The average molecular weight is 408 g/mol. The molecule has 1 N–H and O–H groups in total. The standard InChI is InChI=1S/C26H20N2O3/c1-17-2-8-20-15-21(9-12-23(20)27-17)26(29)28-22-10-5-18(6-11-22)3-4-19-7-13-24-25(14-19)31-16-30-24/h2-15H,16H2,1H3,(H,28,29)/b4-3+. The van der Waals surface area contributed by atoms with Crippen LogP contribution in [0, 0.1) is 6.92 Å². The third-order valence-corrected chi connectivity index (χ3v) is 5.12. The number of rotatable bonds is 4. The number of hydrogen-bond acceptors (Lipinski definition) is 4. The topological polar surface area (TPSA) is 60.5 Å². The molecule has 1 aliphatic heterocycles. The molecule has 0 unspecified atom stereocenters. The fraction of sp³-hybridized carbons (Fsp3) is 0.0769. The van der Waals surface area contributed by atoms with Crippen LogP contribution >= 0.6 is 0 Å². The number of nitrogens with one attached hydrogen (secondary N) is 1. The van der Waals surface area contributed by atoms with Gasteiger partial charge in [0.25, 0.3) is 5.91 Å². The molecular weight excluding hydrogens is 388 g/mol. The quantitative estimate of drug-likeness (QED) is 0.441. The van der Waals surface area contributed by atoms with E-state index in [9.17, 15) is 4.79 Å². The third-order valence-electron chi connectivity index (χ3n) is 5.12. The molecule has 1 aliphatic rings. The SMILES string of the molecule is Cc1ccc2cc(C(=O)Nc3ccc(/C=C/c4ccc5c(c4)OCO5)cc3)ccc2n1. The third kappa shape index (κ3) is 4.12. The molecule has 5 rings (SSSR count). The first kappa shape index (κ1) is 18.9. The van der Waals surface area contributed by atoms with Gasteiger partial charge in [-0.3, -0.25) is 9.78 Å². The largest absolute Gasteiger partial charge is 0.454 e. The van der Waals surface area contributed by atoms with E-state index in [1.54, 1.807) is 6.07 Å². The monoisotopic (exact) mass is 408 g/mol. The zero-order valence-electron chi connectivity index (χ0n) is 17.0. The maximum absolute atomic E-state index is 12.6. The summed E-state index contributed by atoms with van der Waals surface area (Å²) >= 11 is 0.